The molecule has 2 heterocycles. The minimum atomic E-state index is 0. The van der Waals surface area contributed by atoms with E-state index in [0.29, 0.717) is 19.1 Å². The van der Waals surface area contributed by atoms with Gasteiger partial charge in [-0.1, -0.05) is 31.2 Å². The van der Waals surface area contributed by atoms with Crippen molar-refractivity contribution in [1.29, 1.82) is 0 Å². The van der Waals surface area contributed by atoms with Crippen LogP contribution in [0.1, 0.15) is 44.2 Å². The van der Waals surface area contributed by atoms with Gasteiger partial charge in [0, 0.05) is 45.8 Å². The summed E-state index contributed by atoms with van der Waals surface area (Å²) in [5, 5.41) is 3.47. The Morgan fingerprint density at radius 3 is 2.59 bits per heavy atom. The Bertz CT molecular complexity index is 670. The van der Waals surface area contributed by atoms with Crippen LogP contribution in [0.15, 0.2) is 29.3 Å². The van der Waals surface area contributed by atoms with Crippen LogP contribution in [0.2, 0.25) is 0 Å². The first-order chi connectivity index (χ1) is 15.2. The zero-order valence-electron chi connectivity index (χ0n) is 20.2. The highest BCUT2D eigenvalue weighted by atomic mass is 127. The fourth-order valence-corrected chi connectivity index (χ4v) is 4.58. The van der Waals surface area contributed by atoms with Crippen molar-refractivity contribution in [2.24, 2.45) is 16.8 Å². The second-order valence-electron chi connectivity index (χ2n) is 9.14. The van der Waals surface area contributed by atoms with Gasteiger partial charge in [0.1, 0.15) is 0 Å². The van der Waals surface area contributed by atoms with Crippen molar-refractivity contribution in [2.45, 2.75) is 46.2 Å². The highest BCUT2D eigenvalue weighted by Crippen LogP contribution is 2.19. The van der Waals surface area contributed by atoms with Crippen LogP contribution in [0, 0.1) is 11.8 Å². The third-order valence-electron chi connectivity index (χ3n) is 6.29. The largest absolute Gasteiger partial charge is 0.382 e. The van der Waals surface area contributed by atoms with Crippen LogP contribution in [0.5, 0.6) is 0 Å². The summed E-state index contributed by atoms with van der Waals surface area (Å²) in [6.07, 6.45) is 3.86. The van der Waals surface area contributed by atoms with Gasteiger partial charge in [-0.25, -0.2) is 4.99 Å². The van der Waals surface area contributed by atoms with Gasteiger partial charge in [0.05, 0.1) is 26.4 Å². The minimum absolute atomic E-state index is 0. The Morgan fingerprint density at radius 1 is 1.09 bits per heavy atom. The van der Waals surface area contributed by atoms with E-state index in [0.717, 1.165) is 57.6 Å². The molecule has 7 heteroatoms. The molecule has 2 atom stereocenters. The molecule has 0 bridgehead atoms. The molecule has 1 aromatic rings. The first-order valence-electron chi connectivity index (χ1n) is 12.1. The summed E-state index contributed by atoms with van der Waals surface area (Å²) in [7, 11) is 1.71. The maximum absolute atomic E-state index is 5.73. The van der Waals surface area contributed by atoms with E-state index in [1.54, 1.807) is 7.11 Å². The maximum Gasteiger partial charge on any atom is 0.194 e. The van der Waals surface area contributed by atoms with Crippen LogP contribution < -0.4 is 5.32 Å². The third kappa shape index (κ3) is 9.15. The van der Waals surface area contributed by atoms with Crippen LogP contribution in [-0.4, -0.2) is 75.4 Å². The maximum atomic E-state index is 5.73. The number of nitrogens with one attached hydrogen (secondary N) is 1. The van der Waals surface area contributed by atoms with Gasteiger partial charge in [-0.15, -0.1) is 24.0 Å². The quantitative estimate of drug-likeness (QED) is 0.204. The van der Waals surface area contributed by atoms with Gasteiger partial charge in [-0.2, -0.15) is 0 Å². The van der Waals surface area contributed by atoms with E-state index in [2.05, 4.69) is 53.2 Å². The summed E-state index contributed by atoms with van der Waals surface area (Å²) in [5.74, 6) is 2.42. The number of methoxy groups -OCH3 is 1. The molecule has 0 aliphatic carbocycles. The third-order valence-corrected chi connectivity index (χ3v) is 6.29. The van der Waals surface area contributed by atoms with Gasteiger partial charge < -0.3 is 19.7 Å². The van der Waals surface area contributed by atoms with Crippen molar-refractivity contribution >= 4 is 29.9 Å². The lowest BCUT2D eigenvalue weighted by atomic mass is 9.99. The number of ether oxygens (including phenoxy) is 2. The number of benzene rings is 1. The second-order valence-corrected chi connectivity index (χ2v) is 9.14. The number of likely N-dealkylation sites (tertiary alicyclic amines) is 2. The summed E-state index contributed by atoms with van der Waals surface area (Å²) in [6.45, 7) is 13.8. The number of hydrogen-bond donors (Lipinski definition) is 1. The highest BCUT2D eigenvalue weighted by Gasteiger charge is 2.25. The highest BCUT2D eigenvalue weighted by molar-refractivity contribution is 14.0. The molecule has 2 unspecified atom stereocenters. The van der Waals surface area contributed by atoms with Gasteiger partial charge in [0.15, 0.2) is 5.96 Å². The molecule has 0 saturated carbocycles. The molecule has 1 aromatic carbocycles. The van der Waals surface area contributed by atoms with Gasteiger partial charge >= 0.3 is 0 Å². The lowest BCUT2D eigenvalue weighted by Gasteiger charge is -2.30. The zero-order chi connectivity index (χ0) is 21.9. The van der Waals surface area contributed by atoms with Crippen molar-refractivity contribution in [3.8, 4) is 0 Å². The van der Waals surface area contributed by atoms with E-state index in [1.807, 2.05) is 0 Å². The summed E-state index contributed by atoms with van der Waals surface area (Å²) in [4.78, 5) is 9.89. The lowest BCUT2D eigenvalue weighted by molar-refractivity contribution is 0.0536. The molecule has 2 saturated heterocycles. The molecule has 6 nitrogen and oxygen atoms in total. The predicted molar refractivity (Wildman–Crippen MR) is 143 cm³/mol. The van der Waals surface area contributed by atoms with Crippen LogP contribution in [0.4, 0.5) is 0 Å². The monoisotopic (exact) mass is 558 g/mol. The second kappa shape index (κ2) is 15.1. The molecular formula is C25H43IN4O2. The van der Waals surface area contributed by atoms with Crippen molar-refractivity contribution < 1.29 is 9.47 Å². The van der Waals surface area contributed by atoms with Gasteiger partial charge in [0.25, 0.3) is 0 Å². The molecular weight excluding hydrogens is 515 g/mol. The fraction of sp³-hybridized carbons (Fsp3) is 0.720. The van der Waals surface area contributed by atoms with E-state index < -0.39 is 0 Å². The SMILES string of the molecule is CCNC(=NCc1ccc(CN2CCCC(C)C2)cc1)N1CCC(COCCOC)C1.I. The molecule has 2 fully saturated rings. The average Bonchev–Trinajstić information content (AvgIpc) is 3.24. The van der Waals surface area contributed by atoms with Crippen LogP contribution in [-0.2, 0) is 22.6 Å². The molecule has 32 heavy (non-hydrogen) atoms. The van der Waals surface area contributed by atoms with E-state index in [4.69, 9.17) is 14.5 Å². The molecule has 0 aromatic heterocycles. The molecule has 2 aliphatic heterocycles. The number of guanidine groups is 1. The smallest absolute Gasteiger partial charge is 0.194 e. The number of rotatable bonds is 10. The number of halogens is 1. The topological polar surface area (TPSA) is 49.3 Å². The molecule has 0 amide bonds. The number of aliphatic imine (C=N–C) groups is 1. The van der Waals surface area contributed by atoms with E-state index in [-0.39, 0.29) is 24.0 Å². The Balaban J connectivity index is 0.00000363. The van der Waals surface area contributed by atoms with Crippen LogP contribution in [0.25, 0.3) is 0 Å². The molecule has 1 N–H and O–H groups in total. The van der Waals surface area contributed by atoms with Crippen molar-refractivity contribution in [1.82, 2.24) is 15.1 Å². The van der Waals surface area contributed by atoms with Gasteiger partial charge in [-0.3, -0.25) is 4.90 Å². The first kappa shape index (κ1) is 27.3. The van der Waals surface area contributed by atoms with E-state index in [1.165, 1.54) is 37.1 Å². The number of hydrogen-bond acceptors (Lipinski definition) is 4. The van der Waals surface area contributed by atoms with Gasteiger partial charge in [-0.05, 0) is 49.8 Å². The minimum Gasteiger partial charge on any atom is -0.382 e. The standard InChI is InChI=1S/C25H42N4O2.HI/c1-4-26-25(29-13-11-24(19-29)20-31-15-14-30-3)27-16-22-7-9-23(10-8-22)18-28-12-5-6-21(2)17-28;/h7-10,21,24H,4-6,11-20H2,1-3H3,(H,26,27);1H. The van der Waals surface area contributed by atoms with Crippen LogP contribution in [0.3, 0.4) is 0 Å². The number of piperidine rings is 1. The summed E-state index contributed by atoms with van der Waals surface area (Å²) in [5.41, 5.74) is 2.68. The van der Waals surface area contributed by atoms with Crippen molar-refractivity contribution in [3.63, 3.8) is 0 Å². The van der Waals surface area contributed by atoms with Gasteiger partial charge in [0.2, 0.25) is 0 Å². The summed E-state index contributed by atoms with van der Waals surface area (Å²) < 4.78 is 10.8. The Hall–Kier alpha value is -0.900. The lowest BCUT2D eigenvalue weighted by Crippen LogP contribution is -2.40. The average molecular weight is 559 g/mol. The van der Waals surface area contributed by atoms with Crippen molar-refractivity contribution in [2.75, 3.05) is 59.7 Å². The molecule has 2 aliphatic rings. The number of nitrogens with zero attached hydrogens (tertiary/aromatic N) is 3. The Kier molecular flexibility index (Phi) is 12.9. The first-order valence-corrected chi connectivity index (χ1v) is 12.1. The Labute approximate surface area is 212 Å². The molecule has 3 rings (SSSR count). The fourth-order valence-electron chi connectivity index (χ4n) is 4.58. The zero-order valence-corrected chi connectivity index (χ0v) is 22.6. The molecule has 182 valence electrons. The normalized spacial score (nSPS) is 22.1. The molecule has 0 spiro atoms. The molecule has 0 radical (unpaired) electrons. The Morgan fingerprint density at radius 2 is 1.88 bits per heavy atom. The van der Waals surface area contributed by atoms with E-state index in [9.17, 15) is 0 Å². The van der Waals surface area contributed by atoms with E-state index >= 15 is 0 Å². The summed E-state index contributed by atoms with van der Waals surface area (Å²) >= 11 is 0. The van der Waals surface area contributed by atoms with Crippen LogP contribution >= 0.6 is 24.0 Å². The van der Waals surface area contributed by atoms with Crippen molar-refractivity contribution in [3.05, 3.63) is 35.4 Å². The predicted octanol–water partition coefficient (Wildman–Crippen LogP) is 3.99. The summed E-state index contributed by atoms with van der Waals surface area (Å²) in [6, 6.07) is 9.04.